The van der Waals surface area contributed by atoms with Crippen LogP contribution >= 0.6 is 0 Å². The fraction of sp³-hybridized carbons (Fsp3) is 0.200. The first kappa shape index (κ1) is 24.9. The molecule has 0 fully saturated rings. The number of carbonyl (C=O) groups is 2. The van der Waals surface area contributed by atoms with Gasteiger partial charge < -0.3 is 4.74 Å². The summed E-state index contributed by atoms with van der Waals surface area (Å²) in [7, 11) is -4.31. The van der Waals surface area contributed by atoms with E-state index >= 15 is 0 Å². The van der Waals surface area contributed by atoms with E-state index in [1.807, 2.05) is 30.3 Å². The number of aryl methyl sites for hydroxylation is 1. The number of hydrogen-bond donors (Lipinski definition) is 0. The smallest absolute Gasteiger partial charge is 0.322 e. The highest BCUT2D eigenvalue weighted by atomic mass is 32.2. The highest BCUT2D eigenvalue weighted by molar-refractivity contribution is 7.87. The van der Waals surface area contributed by atoms with Crippen molar-refractivity contribution in [3.8, 4) is 0 Å². The summed E-state index contributed by atoms with van der Waals surface area (Å²) in [5, 5.41) is 1.22. The fourth-order valence-corrected chi connectivity index (χ4v) is 5.92. The van der Waals surface area contributed by atoms with Gasteiger partial charge in [0.05, 0.1) is 6.61 Å². The van der Waals surface area contributed by atoms with Gasteiger partial charge in [-0.1, -0.05) is 91.0 Å². The number of fused-ring (bicyclic) bond motifs is 2. The van der Waals surface area contributed by atoms with Gasteiger partial charge in [-0.25, -0.2) is 0 Å². The molecule has 0 spiro atoms. The molecule has 4 aromatic carbocycles. The average molecular weight is 515 g/mol. The molecule has 0 aliphatic heterocycles. The van der Waals surface area contributed by atoms with E-state index in [9.17, 15) is 18.0 Å². The third-order valence-electron chi connectivity index (χ3n) is 6.84. The molecule has 4 aromatic rings. The van der Waals surface area contributed by atoms with Gasteiger partial charge in [0.25, 0.3) is 10.1 Å². The van der Waals surface area contributed by atoms with Gasteiger partial charge in [0.15, 0.2) is 11.2 Å². The van der Waals surface area contributed by atoms with Crippen LogP contribution in [0.15, 0.2) is 102 Å². The molecule has 1 aliphatic rings. The quantitative estimate of drug-likeness (QED) is 0.130. The second kappa shape index (κ2) is 9.92. The molecule has 2 unspecified atom stereocenters. The Hall–Kier alpha value is -3.81. The van der Waals surface area contributed by atoms with Crippen molar-refractivity contribution in [2.75, 3.05) is 6.61 Å². The largest absolute Gasteiger partial charge is 0.457 e. The maximum Gasteiger partial charge on any atom is 0.322 e. The summed E-state index contributed by atoms with van der Waals surface area (Å²) >= 11 is 0. The Morgan fingerprint density at radius 2 is 1.54 bits per heavy atom. The summed E-state index contributed by atoms with van der Waals surface area (Å²) in [5.74, 6) is -1.39. The van der Waals surface area contributed by atoms with Crippen LogP contribution in [-0.4, -0.2) is 26.8 Å². The topological polar surface area (TPSA) is 86.7 Å². The lowest BCUT2D eigenvalue weighted by molar-refractivity contribution is -0.159. The molecule has 0 amide bonds. The van der Waals surface area contributed by atoms with Crippen LogP contribution in [0, 0.1) is 5.41 Å². The van der Waals surface area contributed by atoms with Crippen LogP contribution in [0.4, 0.5) is 0 Å². The molecule has 188 valence electrons. The lowest BCUT2D eigenvalue weighted by Gasteiger charge is -2.27. The Balaban J connectivity index is 1.46. The van der Waals surface area contributed by atoms with Gasteiger partial charge >= 0.3 is 5.97 Å². The molecule has 0 bridgehead atoms. The van der Waals surface area contributed by atoms with E-state index in [2.05, 4.69) is 0 Å². The van der Waals surface area contributed by atoms with Crippen LogP contribution in [0.5, 0.6) is 0 Å². The van der Waals surface area contributed by atoms with Gasteiger partial charge in [-0.15, -0.1) is 0 Å². The number of Topliss-reactive ketones (excluding diaryl/α,β-unsaturated/α-hetero) is 1. The van der Waals surface area contributed by atoms with Gasteiger partial charge in [-0.05, 0) is 42.3 Å². The standard InChI is InChI=1S/C30H26O6S/c1-30(28(31)23-12-3-2-4-13-23,29(32)36-26-19-18-22-11-5-7-15-24(22)26)20-35-37(33,34)27-17-9-14-21-10-6-8-16-25(21)27/h2-17,26H,18-20H2,1H3. The van der Waals surface area contributed by atoms with Gasteiger partial charge in [-0.3, -0.25) is 13.8 Å². The Bertz CT molecular complexity index is 1570. The van der Waals surface area contributed by atoms with Crippen molar-refractivity contribution in [2.24, 2.45) is 5.41 Å². The summed E-state index contributed by atoms with van der Waals surface area (Å²) in [6.07, 6.45) is 0.834. The van der Waals surface area contributed by atoms with Crippen LogP contribution in [0.3, 0.4) is 0 Å². The van der Waals surface area contributed by atoms with E-state index < -0.39 is 40.0 Å². The van der Waals surface area contributed by atoms with E-state index in [0.717, 1.165) is 22.9 Å². The normalized spacial score (nSPS) is 16.6. The summed E-state index contributed by atoms with van der Waals surface area (Å²) in [4.78, 5) is 27.2. The monoisotopic (exact) mass is 514 g/mol. The summed E-state index contributed by atoms with van der Waals surface area (Å²) in [6.45, 7) is 0.684. The minimum Gasteiger partial charge on any atom is -0.457 e. The van der Waals surface area contributed by atoms with Crippen molar-refractivity contribution in [3.63, 3.8) is 0 Å². The maximum absolute atomic E-state index is 13.6. The van der Waals surface area contributed by atoms with E-state index in [1.54, 1.807) is 60.7 Å². The molecule has 6 nitrogen and oxygen atoms in total. The molecule has 0 N–H and O–H groups in total. The minimum absolute atomic E-state index is 0.0294. The zero-order valence-electron chi connectivity index (χ0n) is 20.3. The molecule has 0 saturated carbocycles. The average Bonchev–Trinajstić information content (AvgIpc) is 3.34. The van der Waals surface area contributed by atoms with Crippen molar-refractivity contribution >= 4 is 32.6 Å². The molecule has 0 saturated heterocycles. The Kier molecular flexibility index (Phi) is 6.67. The zero-order chi connectivity index (χ0) is 26.0. The zero-order valence-corrected chi connectivity index (χ0v) is 21.1. The van der Waals surface area contributed by atoms with Crippen LogP contribution in [-0.2, 0) is 30.3 Å². The third kappa shape index (κ3) is 4.80. The van der Waals surface area contributed by atoms with Crippen molar-refractivity contribution in [1.82, 2.24) is 0 Å². The maximum atomic E-state index is 13.6. The molecule has 2 atom stereocenters. The lowest BCUT2D eigenvalue weighted by Crippen LogP contribution is -2.43. The van der Waals surface area contributed by atoms with Crippen LogP contribution < -0.4 is 0 Å². The van der Waals surface area contributed by atoms with Gasteiger partial charge in [0.2, 0.25) is 0 Å². The number of hydrogen-bond acceptors (Lipinski definition) is 6. The van der Waals surface area contributed by atoms with Crippen LogP contribution in [0.25, 0.3) is 10.8 Å². The summed E-state index contributed by atoms with van der Waals surface area (Å²) in [5.41, 5.74) is 0.358. The molecule has 37 heavy (non-hydrogen) atoms. The first-order chi connectivity index (χ1) is 17.8. The second-order valence-electron chi connectivity index (χ2n) is 9.35. The first-order valence-corrected chi connectivity index (χ1v) is 13.5. The number of rotatable bonds is 8. The predicted molar refractivity (Wildman–Crippen MR) is 140 cm³/mol. The van der Waals surface area contributed by atoms with Crippen LogP contribution in [0.2, 0.25) is 0 Å². The molecule has 0 heterocycles. The molecular weight excluding hydrogens is 488 g/mol. The van der Waals surface area contributed by atoms with E-state index in [-0.39, 0.29) is 10.5 Å². The van der Waals surface area contributed by atoms with Crippen molar-refractivity contribution < 1.29 is 26.9 Å². The highest BCUT2D eigenvalue weighted by Crippen LogP contribution is 2.37. The number of ether oxygens (including phenoxy) is 1. The number of carbonyl (C=O) groups excluding carboxylic acids is 2. The molecule has 1 aliphatic carbocycles. The van der Waals surface area contributed by atoms with Crippen molar-refractivity contribution in [1.29, 1.82) is 0 Å². The van der Waals surface area contributed by atoms with E-state index in [0.29, 0.717) is 11.8 Å². The molecule has 0 radical (unpaired) electrons. The third-order valence-corrected chi connectivity index (χ3v) is 8.16. The Morgan fingerprint density at radius 1 is 0.865 bits per heavy atom. The van der Waals surface area contributed by atoms with E-state index in [1.165, 1.54) is 13.0 Å². The minimum atomic E-state index is -4.31. The molecule has 7 heteroatoms. The van der Waals surface area contributed by atoms with Gasteiger partial charge in [0, 0.05) is 10.9 Å². The highest BCUT2D eigenvalue weighted by Gasteiger charge is 2.46. The van der Waals surface area contributed by atoms with Crippen molar-refractivity contribution in [2.45, 2.75) is 30.8 Å². The summed E-state index contributed by atoms with van der Waals surface area (Å²) in [6, 6.07) is 27.9. The molecule has 0 aromatic heterocycles. The van der Waals surface area contributed by atoms with Gasteiger partial charge in [0.1, 0.15) is 11.0 Å². The number of esters is 1. The first-order valence-electron chi connectivity index (χ1n) is 12.1. The predicted octanol–water partition coefficient (Wildman–Crippen LogP) is 5.67. The fourth-order valence-electron chi connectivity index (χ4n) is 4.70. The summed E-state index contributed by atoms with van der Waals surface area (Å²) < 4.78 is 37.9. The van der Waals surface area contributed by atoms with Crippen molar-refractivity contribution in [3.05, 3.63) is 114 Å². The lowest BCUT2D eigenvalue weighted by atomic mass is 9.83. The SMILES string of the molecule is CC(COS(=O)(=O)c1cccc2ccccc12)(C(=O)OC1CCc2ccccc21)C(=O)c1ccccc1. The number of benzene rings is 4. The van der Waals surface area contributed by atoms with Gasteiger partial charge in [-0.2, -0.15) is 8.42 Å². The second-order valence-corrected chi connectivity index (χ2v) is 10.9. The number of ketones is 1. The molecule has 5 rings (SSSR count). The van der Waals surface area contributed by atoms with Crippen LogP contribution in [0.1, 0.15) is 40.9 Å². The molecular formula is C30H26O6S. The Morgan fingerprint density at radius 3 is 2.35 bits per heavy atom. The van der Waals surface area contributed by atoms with E-state index in [4.69, 9.17) is 8.92 Å². The Labute approximate surface area is 216 Å².